The van der Waals surface area contributed by atoms with Crippen LogP contribution in [0.1, 0.15) is 35.7 Å². The van der Waals surface area contributed by atoms with Crippen molar-refractivity contribution in [2.45, 2.75) is 27.2 Å². The predicted molar refractivity (Wildman–Crippen MR) is 82.9 cm³/mol. The number of halogens is 1. The number of hydrogen-bond acceptors (Lipinski definition) is 5. The molecule has 0 atom stereocenters. The Bertz CT molecular complexity index is 697. The molecular formula is C15H17ClN2O4. The second-order valence-corrected chi connectivity index (χ2v) is 5.01. The number of aryl methyl sites for hydroxylation is 2. The van der Waals surface area contributed by atoms with E-state index in [0.29, 0.717) is 30.2 Å². The Morgan fingerprint density at radius 1 is 1.45 bits per heavy atom. The smallest absolute Gasteiger partial charge is 0.256 e. The minimum atomic E-state index is -0.385. The lowest BCUT2D eigenvalue weighted by atomic mass is 10.1. The molecule has 0 saturated carbocycles. The highest BCUT2D eigenvalue weighted by Gasteiger charge is 2.18. The molecule has 2 rings (SSSR count). The molecule has 6 nitrogen and oxygen atoms in total. The van der Waals surface area contributed by atoms with Crippen LogP contribution >= 0.6 is 11.6 Å². The molecule has 118 valence electrons. The summed E-state index contributed by atoms with van der Waals surface area (Å²) in [7, 11) is 0. The summed E-state index contributed by atoms with van der Waals surface area (Å²) >= 11 is 5.93. The van der Waals surface area contributed by atoms with Crippen LogP contribution in [0.2, 0.25) is 5.02 Å². The molecule has 2 aromatic rings. The molecule has 0 aliphatic rings. The molecule has 1 amide bonds. The monoisotopic (exact) mass is 324 g/mol. The average Bonchev–Trinajstić information content (AvgIpc) is 2.84. The minimum absolute atomic E-state index is 0.0499. The standard InChI is InChI=1S/C15H17ClN2O4/c1-4-11-13(8(3)22-18-11)17-15(20)9-6-10(16)14(19)12(7-9)21-5-2/h6-7,19H,4-5H2,1-3H3,(H,17,20). The second-order valence-electron chi connectivity index (χ2n) is 4.61. The Labute approximate surface area is 133 Å². The first-order valence-corrected chi connectivity index (χ1v) is 7.27. The molecule has 0 aliphatic heterocycles. The topological polar surface area (TPSA) is 84.6 Å². The van der Waals surface area contributed by atoms with Crippen molar-refractivity contribution in [2.75, 3.05) is 11.9 Å². The summed E-state index contributed by atoms with van der Waals surface area (Å²) in [5.74, 6) is 0.123. The zero-order valence-corrected chi connectivity index (χ0v) is 13.3. The molecule has 0 bridgehead atoms. The molecule has 22 heavy (non-hydrogen) atoms. The maximum Gasteiger partial charge on any atom is 0.256 e. The number of rotatable bonds is 5. The van der Waals surface area contributed by atoms with E-state index in [1.54, 1.807) is 13.8 Å². The molecule has 7 heteroatoms. The van der Waals surface area contributed by atoms with Crippen LogP contribution in [-0.2, 0) is 6.42 Å². The fourth-order valence-electron chi connectivity index (χ4n) is 1.98. The Hall–Kier alpha value is -2.21. The molecule has 2 N–H and O–H groups in total. The normalized spacial score (nSPS) is 10.5. The van der Waals surface area contributed by atoms with E-state index in [0.717, 1.165) is 0 Å². The van der Waals surface area contributed by atoms with Gasteiger partial charge in [-0.05, 0) is 32.4 Å². The number of amides is 1. The van der Waals surface area contributed by atoms with Crippen molar-refractivity contribution in [3.05, 3.63) is 34.2 Å². The third kappa shape index (κ3) is 3.17. The van der Waals surface area contributed by atoms with Crippen LogP contribution in [0.25, 0.3) is 0 Å². The molecule has 0 spiro atoms. The third-order valence-corrected chi connectivity index (χ3v) is 3.39. The summed E-state index contributed by atoms with van der Waals surface area (Å²) in [5.41, 5.74) is 1.49. The third-order valence-electron chi connectivity index (χ3n) is 3.10. The average molecular weight is 325 g/mol. The van der Waals surface area contributed by atoms with Gasteiger partial charge in [-0.2, -0.15) is 0 Å². The van der Waals surface area contributed by atoms with E-state index < -0.39 is 0 Å². The lowest BCUT2D eigenvalue weighted by Crippen LogP contribution is -2.13. The van der Waals surface area contributed by atoms with Crippen LogP contribution < -0.4 is 10.1 Å². The number of nitrogens with zero attached hydrogens (tertiary/aromatic N) is 1. The number of aromatic hydroxyl groups is 1. The maximum atomic E-state index is 12.4. The number of phenols is 1. The van der Waals surface area contributed by atoms with E-state index in [9.17, 15) is 9.90 Å². The second kappa shape index (κ2) is 6.70. The molecular weight excluding hydrogens is 308 g/mol. The largest absolute Gasteiger partial charge is 0.503 e. The molecule has 0 unspecified atom stereocenters. The molecule has 1 heterocycles. The van der Waals surface area contributed by atoms with Crippen LogP contribution in [0.5, 0.6) is 11.5 Å². The fraction of sp³-hybridized carbons (Fsp3) is 0.333. The van der Waals surface area contributed by atoms with Crippen molar-refractivity contribution in [3.63, 3.8) is 0 Å². The number of phenolic OH excluding ortho intramolecular Hbond substituents is 1. The number of hydrogen-bond donors (Lipinski definition) is 2. The number of carbonyl (C=O) groups excluding carboxylic acids is 1. The van der Waals surface area contributed by atoms with Gasteiger partial charge in [0.15, 0.2) is 17.3 Å². The van der Waals surface area contributed by atoms with Crippen LogP contribution in [0, 0.1) is 6.92 Å². The van der Waals surface area contributed by atoms with E-state index in [1.807, 2.05) is 6.92 Å². The summed E-state index contributed by atoms with van der Waals surface area (Å²) in [6.45, 7) is 5.75. The van der Waals surface area contributed by atoms with Gasteiger partial charge in [0, 0.05) is 5.56 Å². The van der Waals surface area contributed by atoms with Gasteiger partial charge in [0.05, 0.1) is 11.6 Å². The Morgan fingerprint density at radius 2 is 2.18 bits per heavy atom. The SMILES string of the molecule is CCOc1cc(C(=O)Nc2c(CC)noc2C)cc(Cl)c1O. The number of ether oxygens (including phenoxy) is 1. The Morgan fingerprint density at radius 3 is 2.82 bits per heavy atom. The van der Waals surface area contributed by atoms with Gasteiger partial charge in [0.1, 0.15) is 11.4 Å². The lowest BCUT2D eigenvalue weighted by Gasteiger charge is -2.10. The van der Waals surface area contributed by atoms with Gasteiger partial charge in [-0.25, -0.2) is 0 Å². The van der Waals surface area contributed by atoms with E-state index in [-0.39, 0.29) is 28.0 Å². The fourth-order valence-corrected chi connectivity index (χ4v) is 2.19. The number of carbonyl (C=O) groups is 1. The first-order chi connectivity index (χ1) is 10.5. The van der Waals surface area contributed by atoms with Crippen molar-refractivity contribution in [1.29, 1.82) is 0 Å². The van der Waals surface area contributed by atoms with Gasteiger partial charge in [-0.15, -0.1) is 0 Å². The highest BCUT2D eigenvalue weighted by Crippen LogP contribution is 2.35. The van der Waals surface area contributed by atoms with Gasteiger partial charge in [-0.1, -0.05) is 23.7 Å². The quantitative estimate of drug-likeness (QED) is 0.878. The molecule has 0 aliphatic carbocycles. The van der Waals surface area contributed by atoms with E-state index >= 15 is 0 Å². The zero-order chi connectivity index (χ0) is 16.3. The van der Waals surface area contributed by atoms with Crippen LogP contribution in [0.15, 0.2) is 16.7 Å². The summed E-state index contributed by atoms with van der Waals surface area (Å²) in [5, 5.41) is 16.5. The number of aromatic nitrogens is 1. The van der Waals surface area contributed by atoms with Crippen LogP contribution in [0.3, 0.4) is 0 Å². The van der Waals surface area contributed by atoms with Crippen molar-refractivity contribution < 1.29 is 19.2 Å². The van der Waals surface area contributed by atoms with Crippen molar-refractivity contribution in [1.82, 2.24) is 5.16 Å². The Kier molecular flexibility index (Phi) is 4.92. The number of anilines is 1. The zero-order valence-electron chi connectivity index (χ0n) is 12.6. The Balaban J connectivity index is 2.31. The molecule has 1 aromatic heterocycles. The van der Waals surface area contributed by atoms with Crippen molar-refractivity contribution in [3.8, 4) is 11.5 Å². The van der Waals surface area contributed by atoms with Crippen molar-refractivity contribution in [2.24, 2.45) is 0 Å². The van der Waals surface area contributed by atoms with Crippen molar-refractivity contribution >= 4 is 23.2 Å². The van der Waals surface area contributed by atoms with Gasteiger partial charge in [0.25, 0.3) is 5.91 Å². The molecule has 0 radical (unpaired) electrons. The van der Waals surface area contributed by atoms with Crippen LogP contribution in [0.4, 0.5) is 5.69 Å². The lowest BCUT2D eigenvalue weighted by molar-refractivity contribution is 0.102. The number of benzene rings is 1. The first-order valence-electron chi connectivity index (χ1n) is 6.89. The highest BCUT2D eigenvalue weighted by molar-refractivity contribution is 6.32. The molecule has 0 saturated heterocycles. The number of nitrogens with one attached hydrogen (secondary N) is 1. The van der Waals surface area contributed by atoms with E-state index in [1.165, 1.54) is 12.1 Å². The molecule has 0 fully saturated rings. The summed E-state index contributed by atoms with van der Waals surface area (Å²) in [4.78, 5) is 12.4. The van der Waals surface area contributed by atoms with Gasteiger partial charge in [-0.3, -0.25) is 4.79 Å². The van der Waals surface area contributed by atoms with Gasteiger partial charge >= 0.3 is 0 Å². The highest BCUT2D eigenvalue weighted by atomic mass is 35.5. The molecule has 1 aromatic carbocycles. The van der Waals surface area contributed by atoms with E-state index in [4.69, 9.17) is 20.9 Å². The van der Waals surface area contributed by atoms with Gasteiger partial charge in [0.2, 0.25) is 0 Å². The van der Waals surface area contributed by atoms with E-state index in [2.05, 4.69) is 10.5 Å². The summed E-state index contributed by atoms with van der Waals surface area (Å²) in [6, 6.07) is 2.82. The first kappa shape index (κ1) is 16.2. The maximum absolute atomic E-state index is 12.4. The predicted octanol–water partition coefficient (Wildman–Crippen LogP) is 3.56. The summed E-state index contributed by atoms with van der Waals surface area (Å²) in [6.07, 6.45) is 0.632. The minimum Gasteiger partial charge on any atom is -0.503 e. The van der Waals surface area contributed by atoms with Crippen LogP contribution in [-0.4, -0.2) is 22.8 Å². The van der Waals surface area contributed by atoms with Gasteiger partial charge < -0.3 is 19.7 Å². The summed E-state index contributed by atoms with van der Waals surface area (Å²) < 4.78 is 10.3.